The monoisotopic (exact) mass is 1030 g/mol. The zero-order chi connectivity index (χ0) is 50.4. The Morgan fingerprint density at radius 3 is 2.61 bits per heavy atom. The van der Waals surface area contributed by atoms with Gasteiger partial charge in [-0.2, -0.15) is 4.98 Å². The Kier molecular flexibility index (Phi) is 14.0. The number of allylic oxidation sites excluding steroid dienone is 1. The van der Waals surface area contributed by atoms with E-state index < -0.39 is 43.7 Å². The number of aromatic nitrogens is 2. The van der Waals surface area contributed by atoms with Gasteiger partial charge in [-0.3, -0.25) is 19.8 Å². The molecule has 10 rings (SSSR count). The van der Waals surface area contributed by atoms with Crippen molar-refractivity contribution in [3.8, 4) is 5.88 Å². The summed E-state index contributed by atoms with van der Waals surface area (Å²) < 4.78 is 62.7. The molecule has 2 aromatic heterocycles. The van der Waals surface area contributed by atoms with E-state index in [-0.39, 0.29) is 54.1 Å². The van der Waals surface area contributed by atoms with E-state index in [0.717, 1.165) is 42.0 Å². The average molecular weight is 1030 g/mol. The van der Waals surface area contributed by atoms with E-state index >= 15 is 0 Å². The van der Waals surface area contributed by atoms with Crippen molar-refractivity contribution in [1.82, 2.24) is 19.6 Å². The van der Waals surface area contributed by atoms with Gasteiger partial charge in [0, 0.05) is 80.8 Å². The second-order valence-corrected chi connectivity index (χ2v) is 22.7. The van der Waals surface area contributed by atoms with Gasteiger partial charge in [0.05, 0.1) is 52.0 Å². The van der Waals surface area contributed by atoms with E-state index in [1.54, 1.807) is 12.3 Å². The van der Waals surface area contributed by atoms with Crippen molar-refractivity contribution in [2.45, 2.75) is 75.0 Å². The maximum Gasteiger partial charge on any atom is 0.293 e. The van der Waals surface area contributed by atoms with Crippen molar-refractivity contribution in [3.63, 3.8) is 0 Å². The Balaban J connectivity index is 0.960. The van der Waals surface area contributed by atoms with Crippen LogP contribution < -0.4 is 24.6 Å². The number of pyridine rings is 1. The molecule has 1 amide bonds. The number of benzene rings is 3. The second-order valence-electron chi connectivity index (χ2n) is 20.6. The number of halogens is 2. The molecule has 4 N–H and O–H groups in total. The van der Waals surface area contributed by atoms with E-state index in [2.05, 4.69) is 50.8 Å². The molecule has 17 nitrogen and oxygen atoms in total. The van der Waals surface area contributed by atoms with Crippen LogP contribution in [0.2, 0.25) is 5.02 Å². The van der Waals surface area contributed by atoms with Crippen LogP contribution in [-0.2, 0) is 19.5 Å². The molecule has 3 fully saturated rings. The van der Waals surface area contributed by atoms with Crippen LogP contribution in [0.5, 0.6) is 5.88 Å². The Bertz CT molecular complexity index is 3000. The number of nitro benzene ring substituents is 1. The van der Waals surface area contributed by atoms with Gasteiger partial charge in [0.15, 0.2) is 0 Å². The zero-order valence-corrected chi connectivity index (χ0v) is 41.9. The van der Waals surface area contributed by atoms with Crippen LogP contribution in [0.4, 0.5) is 32.8 Å². The van der Waals surface area contributed by atoms with Crippen LogP contribution >= 0.6 is 11.6 Å². The number of anilines is 4. The summed E-state index contributed by atoms with van der Waals surface area (Å²) in [4.78, 5) is 40.2. The maximum atomic E-state index is 14.6. The first-order chi connectivity index (χ1) is 34.5. The quantitative estimate of drug-likeness (QED) is 0.0727. The van der Waals surface area contributed by atoms with Crippen molar-refractivity contribution in [1.29, 1.82) is 0 Å². The molecule has 2 aliphatic carbocycles. The highest BCUT2D eigenvalue weighted by Crippen LogP contribution is 2.46. The molecule has 382 valence electrons. The molecule has 3 aromatic carbocycles. The molecule has 5 aliphatic rings. The van der Waals surface area contributed by atoms with Gasteiger partial charge < -0.3 is 39.4 Å². The number of carbonyl (C=O) groups is 1. The van der Waals surface area contributed by atoms with Crippen LogP contribution in [-0.4, -0.2) is 129 Å². The lowest BCUT2D eigenvalue weighted by molar-refractivity contribution is -0.384. The number of rotatable bonds is 11. The number of fused-ring (bicyclic) bond motifs is 4. The van der Waals surface area contributed by atoms with E-state index in [1.165, 1.54) is 23.3 Å². The molecule has 5 aromatic rings. The molecule has 2 atom stereocenters. The highest BCUT2D eigenvalue weighted by atomic mass is 35.5. The number of alkyl halides is 1. The van der Waals surface area contributed by atoms with Crippen molar-refractivity contribution in [3.05, 3.63) is 111 Å². The number of hydrogen-bond donors (Lipinski definition) is 4. The fraction of sp³-hybridized carbons (Fsp3) is 0.462. The molecule has 3 aliphatic heterocycles. The van der Waals surface area contributed by atoms with Crippen LogP contribution in [0.25, 0.3) is 16.6 Å². The minimum atomic E-state index is -4.67. The summed E-state index contributed by atoms with van der Waals surface area (Å²) in [5.41, 5.74) is 4.43. The third-order valence-electron chi connectivity index (χ3n) is 14.7. The zero-order valence-electron chi connectivity index (χ0n) is 40.4. The molecule has 2 saturated heterocycles. The van der Waals surface area contributed by atoms with E-state index in [1.807, 2.05) is 41.3 Å². The van der Waals surface area contributed by atoms with Crippen LogP contribution in [0.1, 0.15) is 68.3 Å². The van der Waals surface area contributed by atoms with Crippen molar-refractivity contribution >= 4 is 72.6 Å². The molecule has 0 radical (unpaired) electrons. The van der Waals surface area contributed by atoms with E-state index in [9.17, 15) is 32.8 Å². The van der Waals surface area contributed by atoms with Gasteiger partial charge in [-0.1, -0.05) is 37.6 Å². The summed E-state index contributed by atoms with van der Waals surface area (Å²) in [6.07, 6.45) is 5.26. The van der Waals surface area contributed by atoms with Crippen molar-refractivity contribution < 1.29 is 41.8 Å². The first kappa shape index (κ1) is 49.7. The summed E-state index contributed by atoms with van der Waals surface area (Å²) >= 11 is 6.37. The molecule has 1 unspecified atom stereocenters. The smallest absolute Gasteiger partial charge is 0.293 e. The normalized spacial score (nSPS) is 23.9. The van der Waals surface area contributed by atoms with Gasteiger partial charge in [-0.05, 0) is 121 Å². The van der Waals surface area contributed by atoms with Gasteiger partial charge in [0.25, 0.3) is 21.6 Å². The summed E-state index contributed by atoms with van der Waals surface area (Å²) in [7, 11) is -4.67. The van der Waals surface area contributed by atoms with Crippen molar-refractivity contribution in [2.24, 2.45) is 11.3 Å². The minimum absolute atomic E-state index is 0.00779. The number of nitro groups is 1. The Labute approximate surface area is 422 Å². The number of nitrogens with zero attached hydrogens (tertiary/aromatic N) is 5. The largest absolute Gasteiger partial charge is 0.476 e. The highest BCUT2D eigenvalue weighted by Gasteiger charge is 2.43. The predicted molar refractivity (Wildman–Crippen MR) is 274 cm³/mol. The second kappa shape index (κ2) is 20.2. The van der Waals surface area contributed by atoms with Crippen LogP contribution in [0.15, 0.2) is 89.5 Å². The van der Waals surface area contributed by atoms with Gasteiger partial charge in [-0.25, -0.2) is 17.5 Å². The van der Waals surface area contributed by atoms with E-state index in [4.69, 9.17) is 30.8 Å². The fourth-order valence-electron chi connectivity index (χ4n) is 11.0. The number of sulfonamides is 1. The van der Waals surface area contributed by atoms with Gasteiger partial charge >= 0.3 is 0 Å². The Morgan fingerprint density at radius 2 is 1.82 bits per heavy atom. The Hall–Kier alpha value is -5.83. The lowest BCUT2D eigenvalue weighted by atomic mass is 9.71. The molecular weight excluding hydrogens is 967 g/mol. The summed E-state index contributed by atoms with van der Waals surface area (Å²) in [6.45, 7) is 9.02. The number of aromatic amines is 1. The first-order valence-electron chi connectivity index (χ1n) is 24.6. The number of H-pyrrole nitrogens is 1. The summed E-state index contributed by atoms with van der Waals surface area (Å²) in [5, 5.41) is 26.8. The lowest BCUT2D eigenvalue weighted by Crippen LogP contribution is -2.56. The number of amides is 1. The summed E-state index contributed by atoms with van der Waals surface area (Å²) in [5.74, 6) is -0.708. The third kappa shape index (κ3) is 10.5. The lowest BCUT2D eigenvalue weighted by Gasteiger charge is -2.45. The number of ether oxygens (including phenoxy) is 3. The maximum absolute atomic E-state index is 14.6. The minimum Gasteiger partial charge on any atom is -0.476 e. The van der Waals surface area contributed by atoms with Crippen molar-refractivity contribution in [2.75, 3.05) is 87.5 Å². The number of hydrogen-bond acceptors (Lipinski definition) is 14. The molecule has 1 saturated carbocycles. The SMILES string of the molecule is CC1(C)CC(c2ccc(Cl)cc2)=C2CN3CCN(c4ccc(C(=O)NS(=O)(=O)c5ccc(NCC6CC(O)(CF)C6)c([N+](=O)[O-])c5)c(N5CCCOc6nc7[nH]ccc7cc65)c4)C[C@H]3COCCCOC2C1. The van der Waals surface area contributed by atoms with Gasteiger partial charge in [0.2, 0.25) is 5.88 Å². The van der Waals surface area contributed by atoms with E-state index in [0.29, 0.717) is 93.5 Å². The third-order valence-corrected chi connectivity index (χ3v) is 16.3. The van der Waals surface area contributed by atoms with Crippen LogP contribution in [0, 0.1) is 21.4 Å². The van der Waals surface area contributed by atoms with Crippen LogP contribution in [0.3, 0.4) is 0 Å². The van der Waals surface area contributed by atoms with Gasteiger partial charge in [-0.15, -0.1) is 0 Å². The number of aliphatic hydroxyl groups is 1. The predicted octanol–water partition coefficient (Wildman–Crippen LogP) is 8.26. The standard InChI is InChI=1S/C52H60ClFN8O9S/c1-51(2)26-41(34-5-7-36(53)8-6-34)42-30-60-17-16-59(29-38(60)31-69-18-4-20-70-47(42)27-51)37-9-11-40(44(22-37)61-15-3-19-71-50-46(61)21-35-13-14-55-48(35)57-50)49(63)58-72(67,68)39-10-12-43(45(23-39)62(65)66)56-28-33-24-52(64,25-33)32-54/h5-14,21-23,33,38,47,56,64H,3-4,15-20,24-32H2,1-2H3,(H,55,57)(H,58,63)/t33?,38-,47?,52?/m0/s1. The number of piperazine rings is 1. The Morgan fingerprint density at radius 1 is 1.00 bits per heavy atom. The molecule has 20 heteroatoms. The fourth-order valence-corrected chi connectivity index (χ4v) is 12.1. The highest BCUT2D eigenvalue weighted by molar-refractivity contribution is 7.90. The molecule has 0 bridgehead atoms. The first-order valence-corrected chi connectivity index (χ1v) is 26.5. The number of carbonyl (C=O) groups excluding carboxylic acids is 1. The molecule has 72 heavy (non-hydrogen) atoms. The van der Waals surface area contributed by atoms with Gasteiger partial charge in [0.1, 0.15) is 23.7 Å². The average Bonchev–Trinajstić information content (AvgIpc) is 3.69. The molecule has 0 spiro atoms. The summed E-state index contributed by atoms with van der Waals surface area (Å²) in [6, 6.07) is 20.6. The number of nitrogens with one attached hydrogen (secondary N) is 3. The molecule has 5 heterocycles. The topological polar surface area (TPSA) is 205 Å². The molecular formula is C52H60ClFN8O9S.